The van der Waals surface area contributed by atoms with Gasteiger partial charge >= 0.3 is 5.97 Å². The number of carbonyl (C=O) groups excluding carboxylic acids is 1. The average Bonchev–Trinajstić information content (AvgIpc) is 2.81. The summed E-state index contributed by atoms with van der Waals surface area (Å²) in [5.74, 6) is -0.394. The molecule has 0 bridgehead atoms. The number of carbonyl (C=O) groups is 1. The van der Waals surface area contributed by atoms with Crippen molar-refractivity contribution in [2.75, 3.05) is 11.9 Å². The second-order valence-corrected chi connectivity index (χ2v) is 4.55. The van der Waals surface area contributed by atoms with Gasteiger partial charge < -0.3 is 10.1 Å². The molecule has 18 heavy (non-hydrogen) atoms. The molecule has 0 aliphatic rings. The summed E-state index contributed by atoms with van der Waals surface area (Å²) in [5.41, 5.74) is 4.05. The Hall–Kier alpha value is -1.88. The van der Waals surface area contributed by atoms with Crippen LogP contribution in [-0.2, 0) is 4.74 Å². The van der Waals surface area contributed by atoms with Gasteiger partial charge in [0.05, 0.1) is 12.1 Å². The minimum absolute atomic E-state index is 0.338. The van der Waals surface area contributed by atoms with E-state index in [4.69, 9.17) is 4.74 Å². The van der Waals surface area contributed by atoms with Gasteiger partial charge in [0.2, 0.25) is 0 Å². The SMILES string of the molecule is CCOC(=O)c1ncsc1Nc1ccccc1C. The molecule has 1 heterocycles. The fourth-order valence-corrected chi connectivity index (χ4v) is 2.20. The number of anilines is 2. The van der Waals surface area contributed by atoms with Crippen LogP contribution in [0.15, 0.2) is 29.8 Å². The van der Waals surface area contributed by atoms with Gasteiger partial charge in [-0.1, -0.05) is 18.2 Å². The number of hydrogen-bond donors (Lipinski definition) is 1. The third kappa shape index (κ3) is 2.68. The van der Waals surface area contributed by atoms with E-state index in [1.54, 1.807) is 12.4 Å². The van der Waals surface area contributed by atoms with Crippen molar-refractivity contribution in [1.29, 1.82) is 0 Å². The zero-order valence-corrected chi connectivity index (χ0v) is 11.1. The van der Waals surface area contributed by atoms with Gasteiger partial charge in [0.15, 0.2) is 5.69 Å². The molecule has 0 fully saturated rings. The molecule has 2 aromatic rings. The molecule has 0 spiro atoms. The maximum Gasteiger partial charge on any atom is 0.360 e. The van der Waals surface area contributed by atoms with Gasteiger partial charge in [-0.3, -0.25) is 0 Å². The van der Waals surface area contributed by atoms with E-state index in [1.165, 1.54) is 11.3 Å². The molecule has 0 aliphatic heterocycles. The Balaban J connectivity index is 2.23. The van der Waals surface area contributed by atoms with Crippen molar-refractivity contribution in [3.8, 4) is 0 Å². The topological polar surface area (TPSA) is 51.2 Å². The highest BCUT2D eigenvalue weighted by Crippen LogP contribution is 2.27. The van der Waals surface area contributed by atoms with Crippen molar-refractivity contribution in [2.24, 2.45) is 0 Å². The lowest BCUT2D eigenvalue weighted by Crippen LogP contribution is -2.07. The first-order valence-electron chi connectivity index (χ1n) is 5.65. The summed E-state index contributed by atoms with van der Waals surface area (Å²) in [6.45, 7) is 4.13. The van der Waals surface area contributed by atoms with Crippen molar-refractivity contribution in [3.05, 3.63) is 41.0 Å². The number of nitrogens with one attached hydrogen (secondary N) is 1. The predicted molar refractivity (Wildman–Crippen MR) is 72.5 cm³/mol. The molecule has 2 rings (SSSR count). The molecule has 1 N–H and O–H groups in total. The van der Waals surface area contributed by atoms with Crippen molar-refractivity contribution in [3.63, 3.8) is 0 Å². The average molecular weight is 262 g/mol. The lowest BCUT2D eigenvalue weighted by Gasteiger charge is -2.08. The van der Waals surface area contributed by atoms with E-state index in [2.05, 4.69) is 10.3 Å². The number of hydrogen-bond acceptors (Lipinski definition) is 5. The molecule has 0 amide bonds. The van der Waals surface area contributed by atoms with Crippen molar-refractivity contribution < 1.29 is 9.53 Å². The first kappa shape index (κ1) is 12.6. The van der Waals surface area contributed by atoms with Crippen molar-refractivity contribution in [2.45, 2.75) is 13.8 Å². The Morgan fingerprint density at radius 1 is 1.44 bits per heavy atom. The summed E-state index contributed by atoms with van der Waals surface area (Å²) < 4.78 is 4.96. The first-order valence-corrected chi connectivity index (χ1v) is 6.53. The highest BCUT2D eigenvalue weighted by molar-refractivity contribution is 7.14. The number of thiazole rings is 1. The van der Waals surface area contributed by atoms with Crippen LogP contribution in [0.1, 0.15) is 23.0 Å². The third-order valence-electron chi connectivity index (χ3n) is 2.43. The maximum absolute atomic E-state index is 11.7. The van der Waals surface area contributed by atoms with Crippen LogP contribution in [0.25, 0.3) is 0 Å². The normalized spacial score (nSPS) is 10.1. The van der Waals surface area contributed by atoms with Crippen molar-refractivity contribution >= 4 is 28.0 Å². The molecule has 1 aromatic heterocycles. The summed E-state index contributed by atoms with van der Waals surface area (Å²) in [5, 5.41) is 3.93. The number of ether oxygens (including phenoxy) is 1. The lowest BCUT2D eigenvalue weighted by atomic mass is 10.2. The Kier molecular flexibility index (Phi) is 3.94. The number of aromatic nitrogens is 1. The van der Waals surface area contributed by atoms with Gasteiger partial charge in [-0.25, -0.2) is 9.78 Å². The summed E-state index contributed by atoms with van der Waals surface area (Å²) >= 11 is 1.38. The minimum atomic E-state index is -0.394. The van der Waals surface area contributed by atoms with Gasteiger partial charge in [-0.2, -0.15) is 0 Å². The molecule has 5 heteroatoms. The van der Waals surface area contributed by atoms with Gasteiger partial charge in [0, 0.05) is 5.69 Å². The second-order valence-electron chi connectivity index (χ2n) is 3.69. The van der Waals surface area contributed by atoms with Gasteiger partial charge in [0.25, 0.3) is 0 Å². The van der Waals surface area contributed by atoms with E-state index < -0.39 is 5.97 Å². The molecule has 0 aliphatic carbocycles. The fourth-order valence-electron chi connectivity index (χ4n) is 1.52. The quantitative estimate of drug-likeness (QED) is 0.858. The van der Waals surface area contributed by atoms with E-state index in [9.17, 15) is 4.79 Å². The maximum atomic E-state index is 11.7. The molecular formula is C13H14N2O2S. The Morgan fingerprint density at radius 3 is 2.94 bits per heavy atom. The highest BCUT2D eigenvalue weighted by Gasteiger charge is 2.16. The molecule has 0 radical (unpaired) electrons. The van der Waals surface area contributed by atoms with E-state index in [1.807, 2.05) is 31.2 Å². The molecule has 0 saturated carbocycles. The lowest BCUT2D eigenvalue weighted by molar-refractivity contribution is 0.0521. The minimum Gasteiger partial charge on any atom is -0.461 e. The number of benzene rings is 1. The van der Waals surface area contributed by atoms with Crippen LogP contribution in [0.3, 0.4) is 0 Å². The smallest absolute Gasteiger partial charge is 0.360 e. The van der Waals surface area contributed by atoms with E-state index >= 15 is 0 Å². The molecule has 94 valence electrons. The zero-order valence-electron chi connectivity index (χ0n) is 10.3. The van der Waals surface area contributed by atoms with Crippen LogP contribution in [0.2, 0.25) is 0 Å². The standard InChI is InChI=1S/C13H14N2O2S/c1-3-17-13(16)11-12(18-8-14-11)15-10-7-5-4-6-9(10)2/h4-8,15H,3H2,1-2H3. The molecule has 0 saturated heterocycles. The van der Waals surface area contributed by atoms with E-state index in [0.29, 0.717) is 17.3 Å². The Labute approximate surface area is 110 Å². The fraction of sp³-hybridized carbons (Fsp3) is 0.231. The largest absolute Gasteiger partial charge is 0.461 e. The van der Waals surface area contributed by atoms with E-state index in [-0.39, 0.29) is 0 Å². The van der Waals surface area contributed by atoms with Crippen molar-refractivity contribution in [1.82, 2.24) is 4.98 Å². The molecule has 0 unspecified atom stereocenters. The summed E-state index contributed by atoms with van der Waals surface area (Å²) in [7, 11) is 0. The molecule has 4 nitrogen and oxygen atoms in total. The number of rotatable bonds is 4. The number of aryl methyl sites for hydroxylation is 1. The van der Waals surface area contributed by atoms with Crippen LogP contribution < -0.4 is 5.32 Å². The Bertz CT molecular complexity index is 551. The van der Waals surface area contributed by atoms with Crippen LogP contribution in [0, 0.1) is 6.92 Å². The molecule has 1 aromatic carbocycles. The number of esters is 1. The van der Waals surface area contributed by atoms with Crippen LogP contribution in [-0.4, -0.2) is 17.6 Å². The summed E-state index contributed by atoms with van der Waals surface area (Å²) in [4.78, 5) is 15.7. The zero-order chi connectivity index (χ0) is 13.0. The molecular weight excluding hydrogens is 248 g/mol. The van der Waals surface area contributed by atoms with Crippen LogP contribution in [0.5, 0.6) is 0 Å². The highest BCUT2D eigenvalue weighted by atomic mass is 32.1. The molecule has 0 atom stereocenters. The van der Waals surface area contributed by atoms with E-state index in [0.717, 1.165) is 11.3 Å². The number of nitrogens with zero attached hydrogens (tertiary/aromatic N) is 1. The Morgan fingerprint density at radius 2 is 2.22 bits per heavy atom. The predicted octanol–water partition coefficient (Wildman–Crippen LogP) is 3.37. The first-order chi connectivity index (χ1) is 8.72. The van der Waals surface area contributed by atoms with Crippen LogP contribution >= 0.6 is 11.3 Å². The number of para-hydroxylation sites is 1. The summed E-state index contributed by atoms with van der Waals surface area (Å²) in [6, 6.07) is 7.89. The van der Waals surface area contributed by atoms with Gasteiger partial charge in [-0.15, -0.1) is 11.3 Å². The van der Waals surface area contributed by atoms with Crippen LogP contribution in [0.4, 0.5) is 10.7 Å². The third-order valence-corrected chi connectivity index (χ3v) is 3.17. The monoisotopic (exact) mass is 262 g/mol. The second kappa shape index (κ2) is 5.64. The van der Waals surface area contributed by atoms with Gasteiger partial charge in [-0.05, 0) is 25.5 Å². The summed E-state index contributed by atoms with van der Waals surface area (Å²) in [6.07, 6.45) is 0. The van der Waals surface area contributed by atoms with Gasteiger partial charge in [0.1, 0.15) is 5.00 Å².